The molecule has 0 amide bonds. The van der Waals surface area contributed by atoms with Crippen LogP contribution in [0, 0.1) is 0 Å². The van der Waals surface area contributed by atoms with E-state index < -0.39 is 0 Å². The molecule has 2 N–H and O–H groups in total. The second kappa shape index (κ2) is 4.22. The van der Waals surface area contributed by atoms with E-state index in [0.717, 1.165) is 42.8 Å². The van der Waals surface area contributed by atoms with Crippen LogP contribution in [-0.4, -0.2) is 31.2 Å². The Hall–Kier alpha value is -1.81. The Labute approximate surface area is 99.3 Å². The zero-order chi connectivity index (χ0) is 11.7. The smallest absolute Gasteiger partial charge is 0.250 e. The summed E-state index contributed by atoms with van der Waals surface area (Å²) in [4.78, 5) is 16.8. The van der Waals surface area contributed by atoms with Gasteiger partial charge in [0.1, 0.15) is 0 Å². The Morgan fingerprint density at radius 2 is 1.88 bits per heavy atom. The fourth-order valence-corrected chi connectivity index (χ4v) is 2.35. The van der Waals surface area contributed by atoms with Gasteiger partial charge in [0.15, 0.2) is 0 Å². The van der Waals surface area contributed by atoms with Gasteiger partial charge in [-0.3, -0.25) is 4.79 Å². The van der Waals surface area contributed by atoms with Crippen LogP contribution in [0.15, 0.2) is 35.1 Å². The summed E-state index contributed by atoms with van der Waals surface area (Å²) < 4.78 is 0. The summed E-state index contributed by atoms with van der Waals surface area (Å²) in [5.74, 6) is 0. The van der Waals surface area contributed by atoms with Crippen LogP contribution in [-0.2, 0) is 0 Å². The highest BCUT2D eigenvalue weighted by Gasteiger charge is 2.13. The van der Waals surface area contributed by atoms with Gasteiger partial charge in [-0.15, -0.1) is 0 Å². The SMILES string of the molecule is O=c1cc(N2CCNCC2)c2ccccc2[nH]1. The van der Waals surface area contributed by atoms with Gasteiger partial charge in [0.2, 0.25) is 5.56 Å². The minimum atomic E-state index is -0.0303. The number of benzene rings is 1. The fourth-order valence-electron chi connectivity index (χ4n) is 2.35. The first-order valence-electron chi connectivity index (χ1n) is 5.92. The van der Waals surface area contributed by atoms with Crippen molar-refractivity contribution in [3.8, 4) is 0 Å². The molecule has 0 spiro atoms. The van der Waals surface area contributed by atoms with E-state index in [9.17, 15) is 4.79 Å². The maximum atomic E-state index is 11.6. The maximum Gasteiger partial charge on any atom is 0.250 e. The molecule has 1 aromatic heterocycles. The van der Waals surface area contributed by atoms with E-state index in [1.165, 1.54) is 0 Å². The average Bonchev–Trinajstić information content (AvgIpc) is 2.39. The lowest BCUT2D eigenvalue weighted by Gasteiger charge is -2.30. The summed E-state index contributed by atoms with van der Waals surface area (Å²) in [5, 5.41) is 4.44. The summed E-state index contributed by atoms with van der Waals surface area (Å²) in [7, 11) is 0. The van der Waals surface area contributed by atoms with Gasteiger partial charge in [-0.2, -0.15) is 0 Å². The number of nitrogens with zero attached hydrogens (tertiary/aromatic N) is 1. The predicted molar refractivity (Wildman–Crippen MR) is 69.7 cm³/mol. The zero-order valence-corrected chi connectivity index (χ0v) is 9.57. The standard InChI is InChI=1S/C13H15N3O/c17-13-9-12(16-7-5-14-6-8-16)10-3-1-2-4-11(10)15-13/h1-4,9,14H,5-8H2,(H,15,17). The summed E-state index contributed by atoms with van der Waals surface area (Å²) in [6.45, 7) is 3.85. The average molecular weight is 229 g/mol. The van der Waals surface area contributed by atoms with Gasteiger partial charge >= 0.3 is 0 Å². The normalized spacial score (nSPS) is 16.4. The first-order chi connectivity index (χ1) is 8.34. The van der Waals surface area contributed by atoms with Crippen LogP contribution in [0.25, 0.3) is 10.9 Å². The zero-order valence-electron chi connectivity index (χ0n) is 9.57. The molecule has 2 aromatic rings. The van der Waals surface area contributed by atoms with Gasteiger partial charge < -0.3 is 15.2 Å². The molecule has 1 aliphatic rings. The second-order valence-electron chi connectivity index (χ2n) is 4.30. The number of hydrogen-bond donors (Lipinski definition) is 2. The van der Waals surface area contributed by atoms with Gasteiger partial charge in [0, 0.05) is 37.6 Å². The first kappa shape index (κ1) is 10.4. The van der Waals surface area contributed by atoms with Gasteiger partial charge in [0.05, 0.1) is 11.2 Å². The number of para-hydroxylation sites is 1. The molecule has 1 fully saturated rings. The number of H-pyrrole nitrogens is 1. The van der Waals surface area contributed by atoms with E-state index in [0.29, 0.717) is 0 Å². The van der Waals surface area contributed by atoms with Crippen molar-refractivity contribution >= 4 is 16.6 Å². The molecule has 3 rings (SSSR count). The van der Waals surface area contributed by atoms with Crippen LogP contribution in [0.5, 0.6) is 0 Å². The Kier molecular flexibility index (Phi) is 2.57. The highest BCUT2D eigenvalue weighted by molar-refractivity contribution is 5.91. The Bertz CT molecular complexity index is 584. The topological polar surface area (TPSA) is 48.1 Å². The molecule has 0 radical (unpaired) electrons. The van der Waals surface area contributed by atoms with Crippen molar-refractivity contribution in [3.63, 3.8) is 0 Å². The van der Waals surface area contributed by atoms with Crippen molar-refractivity contribution in [1.82, 2.24) is 10.3 Å². The maximum absolute atomic E-state index is 11.6. The minimum Gasteiger partial charge on any atom is -0.368 e. The van der Waals surface area contributed by atoms with Crippen LogP contribution in [0.3, 0.4) is 0 Å². The molecule has 0 unspecified atom stereocenters. The van der Waals surface area contributed by atoms with E-state index in [4.69, 9.17) is 0 Å². The monoisotopic (exact) mass is 229 g/mol. The largest absolute Gasteiger partial charge is 0.368 e. The van der Waals surface area contributed by atoms with E-state index in [-0.39, 0.29) is 5.56 Å². The summed E-state index contributed by atoms with van der Waals surface area (Å²) in [6.07, 6.45) is 0. The molecule has 4 heteroatoms. The van der Waals surface area contributed by atoms with E-state index in [1.807, 2.05) is 18.2 Å². The Morgan fingerprint density at radius 1 is 1.12 bits per heavy atom. The highest BCUT2D eigenvalue weighted by Crippen LogP contribution is 2.23. The Balaban J connectivity index is 2.16. The molecule has 0 bridgehead atoms. The van der Waals surface area contributed by atoms with Crippen molar-refractivity contribution in [1.29, 1.82) is 0 Å². The van der Waals surface area contributed by atoms with Crippen LogP contribution < -0.4 is 15.8 Å². The molecule has 1 saturated heterocycles. The van der Waals surface area contributed by atoms with Crippen LogP contribution in [0.1, 0.15) is 0 Å². The van der Waals surface area contributed by atoms with Crippen molar-refractivity contribution in [3.05, 3.63) is 40.7 Å². The van der Waals surface area contributed by atoms with Gasteiger partial charge in [-0.25, -0.2) is 0 Å². The van der Waals surface area contributed by atoms with E-state index >= 15 is 0 Å². The third-order valence-electron chi connectivity index (χ3n) is 3.19. The second-order valence-corrected chi connectivity index (χ2v) is 4.30. The molecule has 1 aliphatic heterocycles. The predicted octanol–water partition coefficient (Wildman–Crippen LogP) is 0.938. The number of pyridine rings is 1. The number of fused-ring (bicyclic) bond motifs is 1. The van der Waals surface area contributed by atoms with Crippen LogP contribution in [0.2, 0.25) is 0 Å². The number of rotatable bonds is 1. The number of aromatic amines is 1. The Morgan fingerprint density at radius 3 is 2.71 bits per heavy atom. The summed E-state index contributed by atoms with van der Waals surface area (Å²) in [6, 6.07) is 9.66. The molecule has 0 aliphatic carbocycles. The summed E-state index contributed by atoms with van der Waals surface area (Å²) in [5.41, 5.74) is 1.93. The molecule has 0 saturated carbocycles. The van der Waals surface area contributed by atoms with Crippen LogP contribution >= 0.6 is 0 Å². The van der Waals surface area contributed by atoms with Crippen molar-refractivity contribution in [2.45, 2.75) is 0 Å². The third kappa shape index (κ3) is 1.91. The fraction of sp³-hybridized carbons (Fsp3) is 0.308. The third-order valence-corrected chi connectivity index (χ3v) is 3.19. The molecule has 17 heavy (non-hydrogen) atoms. The number of nitrogens with one attached hydrogen (secondary N) is 2. The molecular weight excluding hydrogens is 214 g/mol. The number of hydrogen-bond acceptors (Lipinski definition) is 3. The van der Waals surface area contributed by atoms with Crippen molar-refractivity contribution < 1.29 is 0 Å². The molecule has 1 aromatic carbocycles. The molecule has 88 valence electrons. The lowest BCUT2D eigenvalue weighted by molar-refractivity contribution is 0.590. The van der Waals surface area contributed by atoms with Gasteiger partial charge in [0.25, 0.3) is 0 Å². The first-order valence-corrected chi connectivity index (χ1v) is 5.92. The molecule has 0 atom stereocenters. The van der Waals surface area contributed by atoms with Crippen molar-refractivity contribution in [2.75, 3.05) is 31.1 Å². The number of aromatic nitrogens is 1. The lowest BCUT2D eigenvalue weighted by atomic mass is 10.1. The number of piperazine rings is 1. The lowest BCUT2D eigenvalue weighted by Crippen LogP contribution is -2.43. The minimum absolute atomic E-state index is 0.0303. The quantitative estimate of drug-likeness (QED) is 0.765. The molecular formula is C13H15N3O. The summed E-state index contributed by atoms with van der Waals surface area (Å²) >= 11 is 0. The molecule has 2 heterocycles. The van der Waals surface area contributed by atoms with Crippen molar-refractivity contribution in [2.24, 2.45) is 0 Å². The van der Waals surface area contributed by atoms with E-state index in [1.54, 1.807) is 6.07 Å². The van der Waals surface area contributed by atoms with E-state index in [2.05, 4.69) is 21.3 Å². The highest BCUT2D eigenvalue weighted by atomic mass is 16.1. The van der Waals surface area contributed by atoms with Gasteiger partial charge in [-0.1, -0.05) is 18.2 Å². The molecule has 4 nitrogen and oxygen atoms in total. The van der Waals surface area contributed by atoms with Crippen LogP contribution in [0.4, 0.5) is 5.69 Å². The van der Waals surface area contributed by atoms with Gasteiger partial charge in [-0.05, 0) is 6.07 Å². The number of anilines is 1.